The smallest absolute Gasteiger partial charge is 0.335 e. The summed E-state index contributed by atoms with van der Waals surface area (Å²) in [5.74, 6) is -3.37. The molecule has 0 spiro atoms. The zero-order valence-electron chi connectivity index (χ0n) is 16.7. The number of thioether (sulfide) groups is 1. The van der Waals surface area contributed by atoms with Crippen LogP contribution in [0.4, 0.5) is 16.2 Å². The Morgan fingerprint density at radius 2 is 1.62 bits per heavy atom. The Bertz CT molecular complexity index is 1070. The van der Waals surface area contributed by atoms with Gasteiger partial charge in [0.05, 0.1) is 23.4 Å². The van der Waals surface area contributed by atoms with Gasteiger partial charge in [0.15, 0.2) is 0 Å². The third-order valence-electron chi connectivity index (χ3n) is 4.41. The predicted octanol–water partition coefficient (Wildman–Crippen LogP) is 3.08. The van der Waals surface area contributed by atoms with Gasteiger partial charge in [-0.3, -0.25) is 14.4 Å². The highest BCUT2D eigenvalue weighted by Crippen LogP contribution is 2.34. The Hall–Kier alpha value is -3.86. The number of nitrogens with zero attached hydrogens (tertiary/aromatic N) is 1. The minimum absolute atomic E-state index is 0.0440. The van der Waals surface area contributed by atoms with E-state index in [1.165, 1.54) is 0 Å². The van der Waals surface area contributed by atoms with Crippen molar-refractivity contribution in [2.75, 3.05) is 16.8 Å². The molecular weight excluding hydrogens is 440 g/mol. The maximum Gasteiger partial charge on any atom is 0.335 e. The molecule has 1 fully saturated rings. The molecule has 2 aromatic rings. The molecule has 3 amide bonds. The number of carboxylic acids is 2. The van der Waals surface area contributed by atoms with Crippen molar-refractivity contribution in [2.24, 2.45) is 0 Å². The third kappa shape index (κ3) is 5.06. The summed E-state index contributed by atoms with van der Waals surface area (Å²) < 4.78 is 5.33. The first-order chi connectivity index (χ1) is 15.2. The molecule has 0 aliphatic carbocycles. The number of carboxylic acid groups (broad SMARTS) is 2. The highest BCUT2D eigenvalue weighted by Gasteiger charge is 2.41. The van der Waals surface area contributed by atoms with E-state index in [2.05, 4.69) is 5.32 Å². The molecule has 2 aromatic carbocycles. The van der Waals surface area contributed by atoms with Gasteiger partial charge in [-0.15, -0.1) is 0 Å². The molecule has 11 heteroatoms. The molecule has 1 saturated heterocycles. The fourth-order valence-corrected chi connectivity index (χ4v) is 3.99. The molecule has 0 aromatic heterocycles. The summed E-state index contributed by atoms with van der Waals surface area (Å²) in [6.07, 6.45) is -0.359. The van der Waals surface area contributed by atoms with Crippen LogP contribution in [0.1, 0.15) is 34.1 Å². The van der Waals surface area contributed by atoms with Crippen LogP contribution in [0.2, 0.25) is 0 Å². The number of aromatic carboxylic acids is 2. The summed E-state index contributed by atoms with van der Waals surface area (Å²) in [6.45, 7) is 2.30. The van der Waals surface area contributed by atoms with Gasteiger partial charge in [0.25, 0.3) is 5.24 Å². The molecular formula is C21H18N2O8S. The quantitative estimate of drug-likeness (QED) is 0.542. The summed E-state index contributed by atoms with van der Waals surface area (Å²) in [6, 6.07) is 9.55. The lowest BCUT2D eigenvalue weighted by Crippen LogP contribution is -2.32. The topological polar surface area (TPSA) is 150 Å². The van der Waals surface area contributed by atoms with Crippen molar-refractivity contribution < 1.29 is 38.9 Å². The maximum absolute atomic E-state index is 12.7. The van der Waals surface area contributed by atoms with Crippen molar-refractivity contribution in [3.05, 3.63) is 53.6 Å². The van der Waals surface area contributed by atoms with Crippen LogP contribution in [0.15, 0.2) is 42.5 Å². The monoisotopic (exact) mass is 458 g/mol. The molecule has 3 N–H and O–H groups in total. The van der Waals surface area contributed by atoms with Crippen molar-refractivity contribution in [2.45, 2.75) is 18.6 Å². The lowest BCUT2D eigenvalue weighted by atomic mass is 10.1. The number of imide groups is 1. The zero-order valence-corrected chi connectivity index (χ0v) is 17.5. The van der Waals surface area contributed by atoms with Gasteiger partial charge >= 0.3 is 11.9 Å². The van der Waals surface area contributed by atoms with E-state index in [0.29, 0.717) is 29.8 Å². The molecule has 1 atom stereocenters. The van der Waals surface area contributed by atoms with E-state index in [1.54, 1.807) is 24.3 Å². The SMILES string of the molecule is CCOc1ccc(N2C(=O)SC(CC(=O)Nc3cc(C(=O)O)cc(C(=O)O)c3)C2=O)cc1. The molecule has 3 rings (SSSR count). The molecule has 0 radical (unpaired) electrons. The molecule has 1 heterocycles. The van der Waals surface area contributed by atoms with Crippen LogP contribution in [0.25, 0.3) is 0 Å². The molecule has 1 unspecified atom stereocenters. The lowest BCUT2D eigenvalue weighted by Gasteiger charge is -2.14. The Morgan fingerprint density at radius 3 is 2.16 bits per heavy atom. The average molecular weight is 458 g/mol. The number of rotatable bonds is 8. The highest BCUT2D eigenvalue weighted by atomic mass is 32.2. The number of amides is 3. The van der Waals surface area contributed by atoms with E-state index in [4.69, 9.17) is 14.9 Å². The van der Waals surface area contributed by atoms with Crippen LogP contribution in [-0.4, -0.2) is 51.1 Å². The Kier molecular flexibility index (Phi) is 6.79. The van der Waals surface area contributed by atoms with Crippen LogP contribution in [0.3, 0.4) is 0 Å². The van der Waals surface area contributed by atoms with Crippen LogP contribution >= 0.6 is 11.8 Å². The van der Waals surface area contributed by atoms with Crippen molar-refractivity contribution in [3.63, 3.8) is 0 Å². The lowest BCUT2D eigenvalue weighted by molar-refractivity contribution is -0.121. The van der Waals surface area contributed by atoms with E-state index >= 15 is 0 Å². The van der Waals surface area contributed by atoms with E-state index in [1.807, 2.05) is 6.92 Å². The minimum Gasteiger partial charge on any atom is -0.494 e. The van der Waals surface area contributed by atoms with Gasteiger partial charge < -0.3 is 20.3 Å². The van der Waals surface area contributed by atoms with Gasteiger partial charge in [0.2, 0.25) is 11.8 Å². The maximum atomic E-state index is 12.7. The first-order valence-corrected chi connectivity index (χ1v) is 10.3. The summed E-state index contributed by atoms with van der Waals surface area (Å²) in [7, 11) is 0. The second-order valence-corrected chi connectivity index (χ2v) is 7.79. The number of carbonyl (C=O) groups excluding carboxylic acids is 3. The number of hydrogen-bond donors (Lipinski definition) is 3. The summed E-state index contributed by atoms with van der Waals surface area (Å²) in [5.41, 5.74) is -0.330. The fourth-order valence-electron chi connectivity index (χ4n) is 3.01. The van der Waals surface area contributed by atoms with Gasteiger partial charge in [-0.1, -0.05) is 0 Å². The second kappa shape index (κ2) is 9.52. The molecule has 32 heavy (non-hydrogen) atoms. The number of ether oxygens (including phenoxy) is 1. The van der Waals surface area contributed by atoms with Crippen LogP contribution in [0, 0.1) is 0 Å². The largest absolute Gasteiger partial charge is 0.494 e. The number of anilines is 2. The minimum atomic E-state index is -1.36. The first-order valence-electron chi connectivity index (χ1n) is 9.38. The summed E-state index contributed by atoms with van der Waals surface area (Å²) in [5, 5.41) is 19.1. The fraction of sp³-hybridized carbons (Fsp3) is 0.190. The van der Waals surface area contributed by atoms with Crippen LogP contribution in [0.5, 0.6) is 5.75 Å². The first kappa shape index (κ1) is 22.8. The normalized spacial score (nSPS) is 15.5. The van der Waals surface area contributed by atoms with Crippen molar-refractivity contribution >= 4 is 52.1 Å². The summed E-state index contributed by atoms with van der Waals surface area (Å²) >= 11 is 0.703. The van der Waals surface area contributed by atoms with Gasteiger partial charge in [-0.2, -0.15) is 0 Å². The van der Waals surface area contributed by atoms with Crippen LogP contribution < -0.4 is 15.0 Å². The third-order valence-corrected chi connectivity index (χ3v) is 5.45. The zero-order chi connectivity index (χ0) is 23.4. The molecule has 1 aliphatic rings. The van der Waals surface area contributed by atoms with Crippen molar-refractivity contribution in [1.29, 1.82) is 0 Å². The van der Waals surface area contributed by atoms with E-state index < -0.39 is 34.2 Å². The number of carbonyl (C=O) groups is 5. The summed E-state index contributed by atoms with van der Waals surface area (Å²) in [4.78, 5) is 60.9. The molecule has 166 valence electrons. The molecule has 1 aliphatic heterocycles. The van der Waals surface area contributed by atoms with Gasteiger partial charge in [-0.25, -0.2) is 14.5 Å². The van der Waals surface area contributed by atoms with Gasteiger partial charge in [0.1, 0.15) is 11.0 Å². The van der Waals surface area contributed by atoms with E-state index in [-0.39, 0.29) is 23.2 Å². The second-order valence-electron chi connectivity index (χ2n) is 6.63. The van der Waals surface area contributed by atoms with Gasteiger partial charge in [-0.05, 0) is 61.2 Å². The van der Waals surface area contributed by atoms with Crippen molar-refractivity contribution in [3.8, 4) is 5.75 Å². The average Bonchev–Trinajstić information content (AvgIpc) is 3.01. The molecule has 0 bridgehead atoms. The Balaban J connectivity index is 1.71. The van der Waals surface area contributed by atoms with E-state index in [0.717, 1.165) is 23.1 Å². The Labute approximate surface area is 186 Å². The molecule has 10 nitrogen and oxygen atoms in total. The number of benzene rings is 2. The van der Waals surface area contributed by atoms with Crippen molar-refractivity contribution in [1.82, 2.24) is 0 Å². The predicted molar refractivity (Wildman–Crippen MR) is 115 cm³/mol. The number of hydrogen-bond acceptors (Lipinski definition) is 7. The Morgan fingerprint density at radius 1 is 1.03 bits per heavy atom. The molecule has 0 saturated carbocycles. The standard InChI is InChI=1S/C21H18N2O8S/c1-2-31-15-5-3-14(4-6-15)23-18(25)16(32-21(23)30)10-17(24)22-13-8-11(19(26)27)7-12(9-13)20(28)29/h3-9,16H,2,10H2,1H3,(H,22,24)(H,26,27)(H,28,29). The highest BCUT2D eigenvalue weighted by molar-refractivity contribution is 8.15. The number of nitrogens with one attached hydrogen (secondary N) is 1. The van der Waals surface area contributed by atoms with E-state index in [9.17, 15) is 24.0 Å². The van der Waals surface area contributed by atoms with Gasteiger partial charge in [0, 0.05) is 12.1 Å². The van der Waals surface area contributed by atoms with Crippen LogP contribution in [-0.2, 0) is 9.59 Å².